The summed E-state index contributed by atoms with van der Waals surface area (Å²) < 4.78 is 88.4. The molecule has 138 valence electrons. The molecular formula is C12H6Cl3F5N2O2S. The second-order valence-corrected chi connectivity index (χ2v) is 7.69. The number of nitrogens with zero attached hydrogens (tertiary/aromatic N) is 2. The molecule has 0 aliphatic heterocycles. The lowest BCUT2D eigenvalue weighted by atomic mass is 10.2. The van der Waals surface area contributed by atoms with Gasteiger partial charge in [0.1, 0.15) is 5.82 Å². The van der Waals surface area contributed by atoms with Crippen molar-refractivity contribution in [1.82, 2.24) is 9.55 Å². The van der Waals surface area contributed by atoms with Gasteiger partial charge in [-0.05, 0) is 19.1 Å². The molecule has 1 heterocycles. The smallest absolute Gasteiger partial charge is 0.283 e. The van der Waals surface area contributed by atoms with Gasteiger partial charge in [-0.15, -0.1) is 0 Å². The molecule has 0 amide bonds. The van der Waals surface area contributed by atoms with Crippen molar-refractivity contribution in [1.29, 1.82) is 0 Å². The van der Waals surface area contributed by atoms with Gasteiger partial charge in [0.2, 0.25) is 0 Å². The van der Waals surface area contributed by atoms with Crippen molar-refractivity contribution >= 4 is 44.6 Å². The summed E-state index contributed by atoms with van der Waals surface area (Å²) in [6, 6.07) is 0.962. The molecule has 0 saturated heterocycles. The molecule has 2 rings (SSSR count). The number of rotatable bonds is 3. The zero-order valence-corrected chi connectivity index (χ0v) is 15.0. The van der Waals surface area contributed by atoms with Crippen LogP contribution in [0.5, 0.6) is 0 Å². The molecule has 0 bridgehead atoms. The fourth-order valence-corrected chi connectivity index (χ4v) is 4.13. The van der Waals surface area contributed by atoms with Crippen LogP contribution in [-0.2, 0) is 16.0 Å². The maximum atomic E-state index is 12.9. The van der Waals surface area contributed by atoms with Crippen molar-refractivity contribution in [2.75, 3.05) is 0 Å². The maximum absolute atomic E-state index is 12.9. The first-order valence-electron chi connectivity index (χ1n) is 6.12. The van der Waals surface area contributed by atoms with E-state index in [4.69, 9.17) is 34.8 Å². The predicted octanol–water partition coefficient (Wildman–Crippen LogP) is 5.16. The van der Waals surface area contributed by atoms with Crippen LogP contribution < -0.4 is 0 Å². The number of hydrogen-bond donors (Lipinski definition) is 0. The first-order chi connectivity index (χ1) is 11.3. The number of benzene rings is 1. The monoisotopic (exact) mass is 442 g/mol. The summed E-state index contributed by atoms with van der Waals surface area (Å²) in [4.78, 5) is 3.57. The Morgan fingerprint density at radius 1 is 1.12 bits per heavy atom. The SMILES string of the molecule is Cc1nc(Cl)c(S(=O)(=O)C(F)F)n1-c1c(Cl)cc(C(F)(F)F)cc1Cl. The third-order valence-corrected chi connectivity index (χ3v) is 5.37. The largest absolute Gasteiger partial charge is 0.416 e. The number of sulfone groups is 1. The van der Waals surface area contributed by atoms with E-state index in [1.165, 1.54) is 6.92 Å². The molecule has 0 aliphatic rings. The number of aryl methyl sites for hydroxylation is 1. The molecule has 0 radical (unpaired) electrons. The molecule has 1 aromatic carbocycles. The molecule has 0 unspecified atom stereocenters. The fourth-order valence-electron chi connectivity index (χ4n) is 2.01. The lowest BCUT2D eigenvalue weighted by molar-refractivity contribution is -0.137. The van der Waals surface area contributed by atoms with Crippen LogP contribution >= 0.6 is 34.8 Å². The quantitative estimate of drug-likeness (QED) is 0.616. The van der Waals surface area contributed by atoms with Gasteiger partial charge >= 0.3 is 11.9 Å². The van der Waals surface area contributed by atoms with E-state index in [1.807, 2.05) is 0 Å². The Hall–Kier alpha value is -1.10. The van der Waals surface area contributed by atoms with Crippen molar-refractivity contribution in [3.63, 3.8) is 0 Å². The second kappa shape index (κ2) is 6.57. The first-order valence-corrected chi connectivity index (χ1v) is 8.80. The molecule has 13 heteroatoms. The Balaban J connectivity index is 2.86. The van der Waals surface area contributed by atoms with Crippen molar-refractivity contribution in [3.05, 3.63) is 38.7 Å². The maximum Gasteiger partial charge on any atom is 0.416 e. The van der Waals surface area contributed by atoms with Crippen molar-refractivity contribution in [3.8, 4) is 5.69 Å². The van der Waals surface area contributed by atoms with Gasteiger partial charge in [0, 0.05) is 0 Å². The van der Waals surface area contributed by atoms with E-state index in [0.717, 1.165) is 0 Å². The summed E-state index contributed by atoms with van der Waals surface area (Å²) in [7, 11) is -5.24. The molecule has 0 atom stereocenters. The normalized spacial score (nSPS) is 12.9. The zero-order valence-electron chi connectivity index (χ0n) is 11.9. The number of hydrogen-bond acceptors (Lipinski definition) is 3. The van der Waals surface area contributed by atoms with Gasteiger partial charge in [-0.1, -0.05) is 34.8 Å². The highest BCUT2D eigenvalue weighted by Gasteiger charge is 2.37. The summed E-state index contributed by atoms with van der Waals surface area (Å²) >= 11 is 17.2. The summed E-state index contributed by atoms with van der Waals surface area (Å²) in [5.74, 6) is -4.06. The molecule has 4 nitrogen and oxygen atoms in total. The van der Waals surface area contributed by atoms with Crippen LogP contribution in [0.1, 0.15) is 11.4 Å². The average Bonchev–Trinajstić information content (AvgIpc) is 2.72. The standard InChI is InChI=1S/C12H6Cl3F5N2O2S/c1-4-21-9(15)10(25(23,24)11(16)17)22(4)8-6(13)2-5(3-7(8)14)12(18,19)20/h2-3,11H,1H3. The number of imidazole rings is 1. The Morgan fingerprint density at radius 2 is 1.60 bits per heavy atom. The van der Waals surface area contributed by atoms with Gasteiger partial charge < -0.3 is 0 Å². The number of halogens is 8. The molecule has 1 aromatic heterocycles. The first kappa shape index (κ1) is 20.2. The van der Waals surface area contributed by atoms with Gasteiger partial charge in [0.05, 0.1) is 21.3 Å². The van der Waals surface area contributed by atoms with Crippen LogP contribution in [0.2, 0.25) is 15.2 Å². The highest BCUT2D eigenvalue weighted by molar-refractivity contribution is 7.91. The Morgan fingerprint density at radius 3 is 2.00 bits per heavy atom. The van der Waals surface area contributed by atoms with E-state index in [1.54, 1.807) is 0 Å². The molecule has 0 spiro atoms. The molecule has 2 aromatic rings. The van der Waals surface area contributed by atoms with Crippen LogP contribution in [0.25, 0.3) is 5.69 Å². The average molecular weight is 444 g/mol. The molecule has 0 fully saturated rings. The van der Waals surface area contributed by atoms with Crippen molar-refractivity contribution in [2.24, 2.45) is 0 Å². The summed E-state index contributed by atoms with van der Waals surface area (Å²) in [5.41, 5.74) is -1.67. The minimum atomic E-state index is -5.24. The summed E-state index contributed by atoms with van der Waals surface area (Å²) in [6.07, 6.45) is -4.77. The Labute approximate surface area is 153 Å². The van der Waals surface area contributed by atoms with Gasteiger partial charge in [-0.2, -0.15) is 22.0 Å². The van der Waals surface area contributed by atoms with E-state index in [9.17, 15) is 30.4 Å². The minimum absolute atomic E-state index is 0.215. The van der Waals surface area contributed by atoms with Gasteiger partial charge in [0.15, 0.2) is 10.2 Å². The van der Waals surface area contributed by atoms with Gasteiger partial charge in [0.25, 0.3) is 9.84 Å². The predicted molar refractivity (Wildman–Crippen MR) is 81.5 cm³/mol. The van der Waals surface area contributed by atoms with Crippen LogP contribution in [0.3, 0.4) is 0 Å². The Bertz CT molecular complexity index is 918. The second-order valence-electron chi connectivity index (χ2n) is 4.68. The molecule has 25 heavy (non-hydrogen) atoms. The fraction of sp³-hybridized carbons (Fsp3) is 0.250. The van der Waals surface area contributed by atoms with Crippen LogP contribution in [0.15, 0.2) is 17.2 Å². The number of aromatic nitrogens is 2. The lowest BCUT2D eigenvalue weighted by Crippen LogP contribution is -2.17. The summed E-state index contributed by atoms with van der Waals surface area (Å²) in [5, 5.41) is -3.15. The molecule has 0 saturated carbocycles. The van der Waals surface area contributed by atoms with E-state index in [-0.39, 0.29) is 5.82 Å². The van der Waals surface area contributed by atoms with E-state index >= 15 is 0 Å². The number of alkyl halides is 5. The van der Waals surface area contributed by atoms with Crippen LogP contribution in [0.4, 0.5) is 22.0 Å². The molecule has 0 N–H and O–H groups in total. The minimum Gasteiger partial charge on any atom is -0.283 e. The van der Waals surface area contributed by atoms with Crippen LogP contribution in [-0.4, -0.2) is 23.7 Å². The van der Waals surface area contributed by atoms with Gasteiger partial charge in [-0.3, -0.25) is 4.57 Å². The van der Waals surface area contributed by atoms with E-state index in [2.05, 4.69) is 4.98 Å². The zero-order chi connectivity index (χ0) is 19.3. The third kappa shape index (κ3) is 3.57. The summed E-state index contributed by atoms with van der Waals surface area (Å²) in [6.45, 7) is 1.20. The molecular weight excluding hydrogens is 438 g/mol. The highest BCUT2D eigenvalue weighted by atomic mass is 35.5. The van der Waals surface area contributed by atoms with E-state index < -0.39 is 53.2 Å². The Kier molecular flexibility index (Phi) is 5.31. The van der Waals surface area contributed by atoms with E-state index in [0.29, 0.717) is 16.7 Å². The third-order valence-electron chi connectivity index (χ3n) is 3.04. The van der Waals surface area contributed by atoms with Crippen molar-refractivity contribution < 1.29 is 30.4 Å². The lowest BCUT2D eigenvalue weighted by Gasteiger charge is -2.16. The topological polar surface area (TPSA) is 52.0 Å². The highest BCUT2D eigenvalue weighted by Crippen LogP contribution is 2.40. The van der Waals surface area contributed by atoms with Crippen LogP contribution in [0, 0.1) is 6.92 Å². The van der Waals surface area contributed by atoms with Gasteiger partial charge in [-0.25, -0.2) is 13.4 Å². The molecule has 0 aliphatic carbocycles. The van der Waals surface area contributed by atoms with Crippen molar-refractivity contribution in [2.45, 2.75) is 23.9 Å².